The Morgan fingerprint density at radius 3 is 2.14 bits per heavy atom. The Balaban J connectivity index is 2.37. The summed E-state index contributed by atoms with van der Waals surface area (Å²) in [5, 5.41) is 2.17. The van der Waals surface area contributed by atoms with E-state index in [2.05, 4.69) is 5.32 Å². The van der Waals surface area contributed by atoms with Crippen molar-refractivity contribution in [2.75, 3.05) is 22.4 Å². The molecular formula is C19H20ClF3N2O3S. The topological polar surface area (TPSA) is 66.5 Å². The highest BCUT2D eigenvalue weighted by Crippen LogP contribution is 2.34. The number of alkyl halides is 3. The molecular weight excluding hydrogens is 429 g/mol. The molecule has 5 nitrogen and oxygen atoms in total. The SMILES string of the molecule is Cc1cc(C)c(N(CC(=O)Nc2cc(C(F)(F)F)ccc2Cl)S(C)(=O)=O)c(C)c1. The van der Waals surface area contributed by atoms with Gasteiger partial charge >= 0.3 is 6.18 Å². The molecule has 0 atom stereocenters. The van der Waals surface area contributed by atoms with Gasteiger partial charge in [-0.25, -0.2) is 8.42 Å². The first-order valence-corrected chi connectivity index (χ1v) is 10.6. The summed E-state index contributed by atoms with van der Waals surface area (Å²) in [6.07, 6.45) is -3.66. The van der Waals surface area contributed by atoms with Crippen LogP contribution in [0.5, 0.6) is 0 Å². The number of amides is 1. The van der Waals surface area contributed by atoms with Gasteiger partial charge < -0.3 is 5.32 Å². The predicted octanol–water partition coefficient (Wildman–Crippen LogP) is 4.69. The van der Waals surface area contributed by atoms with Gasteiger partial charge in [-0.3, -0.25) is 9.10 Å². The summed E-state index contributed by atoms with van der Waals surface area (Å²) in [6.45, 7) is 4.68. The van der Waals surface area contributed by atoms with Gasteiger partial charge in [0.2, 0.25) is 15.9 Å². The maximum absolute atomic E-state index is 12.9. The summed E-state index contributed by atoms with van der Waals surface area (Å²) in [7, 11) is -3.85. The number of halogens is 4. The number of carbonyl (C=O) groups is 1. The van der Waals surface area contributed by atoms with Gasteiger partial charge in [-0.05, 0) is 50.1 Å². The number of hydrogen-bond donors (Lipinski definition) is 1. The highest BCUT2D eigenvalue weighted by atomic mass is 35.5. The van der Waals surface area contributed by atoms with Crippen molar-refractivity contribution >= 4 is 38.9 Å². The molecule has 10 heteroatoms. The van der Waals surface area contributed by atoms with Crippen LogP contribution in [0, 0.1) is 20.8 Å². The Morgan fingerprint density at radius 2 is 1.66 bits per heavy atom. The van der Waals surface area contributed by atoms with Crippen molar-refractivity contribution in [3.63, 3.8) is 0 Å². The zero-order valence-electron chi connectivity index (χ0n) is 16.2. The van der Waals surface area contributed by atoms with Crippen molar-refractivity contribution in [2.45, 2.75) is 26.9 Å². The van der Waals surface area contributed by atoms with Crippen molar-refractivity contribution in [1.82, 2.24) is 0 Å². The molecule has 29 heavy (non-hydrogen) atoms. The van der Waals surface area contributed by atoms with E-state index >= 15 is 0 Å². The molecule has 1 amide bonds. The third kappa shape index (κ3) is 5.63. The molecule has 2 aromatic rings. The molecule has 0 fully saturated rings. The number of nitrogens with zero attached hydrogens (tertiary/aromatic N) is 1. The van der Waals surface area contributed by atoms with Gasteiger partial charge in [-0.15, -0.1) is 0 Å². The number of benzene rings is 2. The second-order valence-corrected chi connectivity index (χ2v) is 9.07. The predicted molar refractivity (Wildman–Crippen MR) is 108 cm³/mol. The standard InChI is InChI=1S/C19H20ClF3N2O3S/c1-11-7-12(2)18(13(3)8-11)25(29(4,27)28)10-17(26)24-16-9-14(19(21,22)23)5-6-15(16)20/h5-9H,10H2,1-4H3,(H,24,26). The highest BCUT2D eigenvalue weighted by molar-refractivity contribution is 7.92. The smallest absolute Gasteiger partial charge is 0.323 e. The van der Waals surface area contributed by atoms with Crippen LogP contribution in [0.3, 0.4) is 0 Å². The summed E-state index contributed by atoms with van der Waals surface area (Å²) in [5.41, 5.74) is 1.34. The molecule has 0 aromatic heterocycles. The van der Waals surface area contributed by atoms with Crippen LogP contribution in [0.1, 0.15) is 22.3 Å². The van der Waals surface area contributed by atoms with Gasteiger partial charge in [0.15, 0.2) is 0 Å². The summed E-state index contributed by atoms with van der Waals surface area (Å²) in [4.78, 5) is 12.5. The van der Waals surface area contributed by atoms with Crippen molar-refractivity contribution in [1.29, 1.82) is 0 Å². The van der Waals surface area contributed by atoms with Crippen molar-refractivity contribution in [3.8, 4) is 0 Å². The molecule has 0 unspecified atom stereocenters. The molecule has 0 bridgehead atoms. The van der Waals surface area contributed by atoms with Gasteiger partial charge in [-0.2, -0.15) is 13.2 Å². The van der Waals surface area contributed by atoms with E-state index in [4.69, 9.17) is 11.6 Å². The second-order valence-electron chi connectivity index (χ2n) is 6.76. The third-order valence-corrected chi connectivity index (χ3v) is 5.58. The fraction of sp³-hybridized carbons (Fsp3) is 0.316. The number of anilines is 2. The first-order valence-electron chi connectivity index (χ1n) is 8.42. The van der Waals surface area contributed by atoms with Crippen LogP contribution in [-0.4, -0.2) is 27.1 Å². The monoisotopic (exact) mass is 448 g/mol. The van der Waals surface area contributed by atoms with E-state index < -0.39 is 34.2 Å². The number of nitrogens with one attached hydrogen (secondary N) is 1. The maximum atomic E-state index is 12.9. The van der Waals surface area contributed by atoms with Crippen molar-refractivity contribution < 1.29 is 26.4 Å². The minimum absolute atomic E-state index is 0.0973. The van der Waals surface area contributed by atoms with Crippen molar-refractivity contribution in [3.05, 3.63) is 57.6 Å². The largest absolute Gasteiger partial charge is 0.416 e. The maximum Gasteiger partial charge on any atom is 0.416 e. The summed E-state index contributed by atoms with van der Waals surface area (Å²) in [5.74, 6) is -0.823. The Morgan fingerprint density at radius 1 is 1.10 bits per heavy atom. The fourth-order valence-corrected chi connectivity index (χ4v) is 4.18. The van der Waals surface area contributed by atoms with E-state index in [0.29, 0.717) is 22.9 Å². The first-order chi connectivity index (χ1) is 13.2. The van der Waals surface area contributed by atoms with Crippen LogP contribution in [-0.2, 0) is 21.0 Å². The van der Waals surface area contributed by atoms with Crippen LogP contribution in [0.15, 0.2) is 30.3 Å². The van der Waals surface area contributed by atoms with Crippen LogP contribution in [0.2, 0.25) is 5.02 Å². The molecule has 1 N–H and O–H groups in total. The quantitative estimate of drug-likeness (QED) is 0.721. The Labute approximate surface area is 172 Å². The average molecular weight is 449 g/mol. The second kappa shape index (κ2) is 8.23. The average Bonchev–Trinajstić information content (AvgIpc) is 2.53. The van der Waals surface area contributed by atoms with Gasteiger partial charge in [-0.1, -0.05) is 29.3 Å². The number of rotatable bonds is 5. The lowest BCUT2D eigenvalue weighted by atomic mass is 10.1. The first kappa shape index (κ1) is 23.0. The molecule has 158 valence electrons. The van der Waals surface area contributed by atoms with Gasteiger partial charge in [0.25, 0.3) is 0 Å². The molecule has 2 rings (SSSR count). The number of aryl methyl sites for hydroxylation is 3. The Hall–Kier alpha value is -2.26. The summed E-state index contributed by atoms with van der Waals surface area (Å²) < 4.78 is 64.3. The van der Waals surface area contributed by atoms with Crippen LogP contribution in [0.25, 0.3) is 0 Å². The highest BCUT2D eigenvalue weighted by Gasteiger charge is 2.31. The zero-order valence-corrected chi connectivity index (χ0v) is 17.8. The van der Waals surface area contributed by atoms with Gasteiger partial charge in [0, 0.05) is 0 Å². The summed E-state index contributed by atoms with van der Waals surface area (Å²) in [6, 6.07) is 6.07. The Kier molecular flexibility index (Phi) is 6.54. The van der Waals surface area contributed by atoms with Crippen LogP contribution >= 0.6 is 11.6 Å². The minimum Gasteiger partial charge on any atom is -0.323 e. The van der Waals surface area contributed by atoms with Gasteiger partial charge in [0.1, 0.15) is 6.54 Å². The Bertz CT molecular complexity index is 1030. The van der Waals surface area contributed by atoms with Gasteiger partial charge in [0.05, 0.1) is 28.2 Å². The number of carbonyl (C=O) groups excluding carboxylic acids is 1. The lowest BCUT2D eigenvalue weighted by molar-refractivity contribution is -0.137. The third-order valence-electron chi connectivity index (χ3n) is 4.14. The zero-order chi connectivity index (χ0) is 22.1. The van der Waals surface area contributed by atoms with E-state index in [9.17, 15) is 26.4 Å². The minimum atomic E-state index is -4.61. The molecule has 0 saturated heterocycles. The number of sulfonamides is 1. The summed E-state index contributed by atoms with van der Waals surface area (Å²) >= 11 is 5.89. The molecule has 0 saturated carbocycles. The molecule has 0 aliphatic heterocycles. The molecule has 0 aliphatic carbocycles. The molecule has 0 aliphatic rings. The lowest BCUT2D eigenvalue weighted by Crippen LogP contribution is -2.38. The number of hydrogen-bond acceptors (Lipinski definition) is 3. The van der Waals surface area contributed by atoms with E-state index in [-0.39, 0.29) is 10.7 Å². The van der Waals surface area contributed by atoms with Crippen LogP contribution in [0.4, 0.5) is 24.5 Å². The van der Waals surface area contributed by atoms with E-state index in [1.54, 1.807) is 26.0 Å². The van der Waals surface area contributed by atoms with E-state index in [1.807, 2.05) is 6.92 Å². The van der Waals surface area contributed by atoms with E-state index in [1.165, 1.54) is 0 Å². The molecule has 0 heterocycles. The molecule has 0 radical (unpaired) electrons. The lowest BCUT2D eigenvalue weighted by Gasteiger charge is -2.26. The van der Waals surface area contributed by atoms with Crippen LogP contribution < -0.4 is 9.62 Å². The van der Waals surface area contributed by atoms with E-state index in [0.717, 1.165) is 28.3 Å². The van der Waals surface area contributed by atoms with Crippen molar-refractivity contribution in [2.24, 2.45) is 0 Å². The molecule has 2 aromatic carbocycles. The fourth-order valence-electron chi connectivity index (χ4n) is 3.05. The molecule has 0 spiro atoms. The normalized spacial score (nSPS) is 12.0.